The third kappa shape index (κ3) is 4.98. The molecule has 0 heterocycles. The van der Waals surface area contributed by atoms with Crippen LogP contribution in [-0.4, -0.2) is 11.8 Å². The van der Waals surface area contributed by atoms with Gasteiger partial charge in [-0.2, -0.15) is 0 Å². The molecule has 0 bridgehead atoms. The van der Waals surface area contributed by atoms with Crippen molar-refractivity contribution in [2.75, 3.05) is 5.32 Å². The van der Waals surface area contributed by atoms with Crippen molar-refractivity contribution in [3.8, 4) is 0 Å². The fraction of sp³-hybridized carbons (Fsp3) is 0.222. The Kier molecular flexibility index (Phi) is 6.23. The fourth-order valence-electron chi connectivity index (χ4n) is 2.02. The van der Waals surface area contributed by atoms with Crippen LogP contribution in [0.3, 0.4) is 0 Å². The van der Waals surface area contributed by atoms with E-state index in [1.807, 2.05) is 45.0 Å². The lowest BCUT2D eigenvalue weighted by Gasteiger charge is -2.10. The Labute approximate surface area is 151 Å². The summed E-state index contributed by atoms with van der Waals surface area (Å²) in [6.45, 7) is 5.98. The number of nitrogens with one attached hydrogen (secondary N) is 1. The molecule has 0 aliphatic heterocycles. The van der Waals surface area contributed by atoms with E-state index in [2.05, 4.69) is 10.5 Å². The Hall–Kier alpha value is -2.04. The number of carbonyl (C=O) groups excluding carboxylic acids is 1. The summed E-state index contributed by atoms with van der Waals surface area (Å²) in [6.07, 6.45) is -0.696. The molecule has 6 heteroatoms. The fourth-order valence-corrected chi connectivity index (χ4v) is 2.32. The standard InChI is InChI=1S/C18H18Cl2N2O2/c1-11(2)17(13-6-4-12(3)5-7-13)22-24-18(23)21-14-8-9-15(19)16(20)10-14/h4-11H,1-3H3,(H,21,23)/b22-17+. The van der Waals surface area contributed by atoms with Crippen molar-refractivity contribution in [1.29, 1.82) is 0 Å². The number of amides is 1. The number of anilines is 1. The molecule has 2 rings (SSSR count). The summed E-state index contributed by atoms with van der Waals surface area (Å²) in [5.74, 6) is 0.102. The van der Waals surface area contributed by atoms with Gasteiger partial charge in [0.2, 0.25) is 0 Å². The topological polar surface area (TPSA) is 50.7 Å². The van der Waals surface area contributed by atoms with Crippen LogP contribution in [-0.2, 0) is 4.84 Å². The number of hydrogen-bond donors (Lipinski definition) is 1. The molecule has 0 aromatic heterocycles. The summed E-state index contributed by atoms with van der Waals surface area (Å²) < 4.78 is 0. The van der Waals surface area contributed by atoms with Gasteiger partial charge in [0.25, 0.3) is 0 Å². The first-order valence-corrected chi connectivity index (χ1v) is 8.20. The Morgan fingerprint density at radius 1 is 1.08 bits per heavy atom. The highest BCUT2D eigenvalue weighted by Crippen LogP contribution is 2.25. The predicted molar refractivity (Wildman–Crippen MR) is 99.1 cm³/mol. The van der Waals surface area contributed by atoms with Crippen molar-refractivity contribution in [2.45, 2.75) is 20.8 Å². The van der Waals surface area contributed by atoms with Crippen LogP contribution >= 0.6 is 23.2 Å². The lowest BCUT2D eigenvalue weighted by Crippen LogP contribution is -2.15. The van der Waals surface area contributed by atoms with Crippen molar-refractivity contribution in [3.05, 3.63) is 63.6 Å². The Morgan fingerprint density at radius 2 is 1.75 bits per heavy atom. The third-order valence-electron chi connectivity index (χ3n) is 3.29. The van der Waals surface area contributed by atoms with Gasteiger partial charge in [-0.05, 0) is 36.6 Å². The number of rotatable bonds is 4. The zero-order valence-corrected chi connectivity index (χ0v) is 15.2. The van der Waals surface area contributed by atoms with Crippen LogP contribution in [0.5, 0.6) is 0 Å². The van der Waals surface area contributed by atoms with Crippen molar-refractivity contribution in [2.24, 2.45) is 11.1 Å². The van der Waals surface area contributed by atoms with Gasteiger partial charge in [0.1, 0.15) is 0 Å². The van der Waals surface area contributed by atoms with E-state index in [0.29, 0.717) is 21.4 Å². The van der Waals surface area contributed by atoms with E-state index in [9.17, 15) is 4.79 Å². The minimum Gasteiger partial charge on any atom is -0.297 e. The number of carbonyl (C=O) groups is 1. The summed E-state index contributed by atoms with van der Waals surface area (Å²) in [4.78, 5) is 16.9. The molecule has 126 valence electrons. The molecule has 1 amide bonds. The van der Waals surface area contributed by atoms with E-state index in [1.54, 1.807) is 12.1 Å². The van der Waals surface area contributed by atoms with Crippen molar-refractivity contribution in [3.63, 3.8) is 0 Å². The van der Waals surface area contributed by atoms with Crippen LogP contribution in [0, 0.1) is 12.8 Å². The lowest BCUT2D eigenvalue weighted by atomic mass is 9.99. The van der Waals surface area contributed by atoms with Crippen molar-refractivity contribution in [1.82, 2.24) is 0 Å². The second-order valence-corrected chi connectivity index (χ2v) is 6.44. The maximum absolute atomic E-state index is 11.9. The van der Waals surface area contributed by atoms with E-state index < -0.39 is 6.09 Å². The summed E-state index contributed by atoms with van der Waals surface area (Å²) in [6, 6.07) is 12.6. The van der Waals surface area contributed by atoms with Gasteiger partial charge in [0.15, 0.2) is 0 Å². The highest BCUT2D eigenvalue weighted by molar-refractivity contribution is 6.42. The zero-order chi connectivity index (χ0) is 17.7. The molecular formula is C18H18Cl2N2O2. The van der Waals surface area contributed by atoms with Crippen LogP contribution in [0.1, 0.15) is 25.0 Å². The Bertz CT molecular complexity index is 756. The number of hydrogen-bond acceptors (Lipinski definition) is 3. The third-order valence-corrected chi connectivity index (χ3v) is 4.03. The number of benzene rings is 2. The predicted octanol–water partition coefficient (Wildman–Crippen LogP) is 5.91. The highest BCUT2D eigenvalue weighted by atomic mass is 35.5. The van der Waals surface area contributed by atoms with E-state index >= 15 is 0 Å². The molecule has 0 atom stereocenters. The van der Waals surface area contributed by atoms with Gasteiger partial charge in [-0.15, -0.1) is 0 Å². The smallest absolute Gasteiger partial charge is 0.297 e. The van der Waals surface area contributed by atoms with Gasteiger partial charge >= 0.3 is 6.09 Å². The minimum atomic E-state index is -0.696. The highest BCUT2D eigenvalue weighted by Gasteiger charge is 2.11. The molecule has 0 saturated heterocycles. The van der Waals surface area contributed by atoms with Crippen LogP contribution in [0.15, 0.2) is 47.6 Å². The van der Waals surface area contributed by atoms with Crippen LogP contribution in [0.25, 0.3) is 0 Å². The number of nitrogens with zero attached hydrogens (tertiary/aromatic N) is 1. The Morgan fingerprint density at radius 3 is 2.33 bits per heavy atom. The summed E-state index contributed by atoms with van der Waals surface area (Å²) in [7, 11) is 0. The molecule has 2 aromatic carbocycles. The minimum absolute atomic E-state index is 0.102. The average molecular weight is 365 g/mol. The maximum atomic E-state index is 11.9. The normalized spacial score (nSPS) is 11.5. The molecule has 0 aliphatic rings. The second kappa shape index (κ2) is 8.18. The number of halogens is 2. The molecular weight excluding hydrogens is 347 g/mol. The van der Waals surface area contributed by atoms with E-state index in [0.717, 1.165) is 11.1 Å². The number of oxime groups is 1. The molecule has 0 saturated carbocycles. The first-order valence-electron chi connectivity index (χ1n) is 7.45. The van der Waals surface area contributed by atoms with E-state index in [4.69, 9.17) is 28.0 Å². The first-order chi connectivity index (χ1) is 11.4. The molecule has 0 fully saturated rings. The monoisotopic (exact) mass is 364 g/mol. The van der Waals surface area contributed by atoms with E-state index in [1.165, 1.54) is 6.07 Å². The SMILES string of the molecule is Cc1ccc(/C(=N/OC(=O)Nc2ccc(Cl)c(Cl)c2)C(C)C)cc1. The van der Waals surface area contributed by atoms with Crippen molar-refractivity contribution >= 4 is 40.7 Å². The summed E-state index contributed by atoms with van der Waals surface area (Å²) in [5, 5.41) is 7.32. The molecule has 0 unspecified atom stereocenters. The van der Waals surface area contributed by atoms with Gasteiger partial charge in [-0.3, -0.25) is 10.2 Å². The summed E-state index contributed by atoms with van der Waals surface area (Å²) >= 11 is 11.7. The first kappa shape index (κ1) is 18.3. The lowest BCUT2D eigenvalue weighted by molar-refractivity contribution is 0.166. The van der Waals surface area contributed by atoms with Gasteiger partial charge in [0.05, 0.1) is 15.8 Å². The van der Waals surface area contributed by atoms with Crippen LogP contribution in [0.4, 0.5) is 10.5 Å². The van der Waals surface area contributed by atoms with E-state index in [-0.39, 0.29) is 5.92 Å². The number of aryl methyl sites for hydroxylation is 1. The van der Waals surface area contributed by atoms with Crippen LogP contribution < -0.4 is 5.32 Å². The molecule has 0 radical (unpaired) electrons. The Balaban J connectivity index is 2.09. The zero-order valence-electron chi connectivity index (χ0n) is 13.6. The molecule has 0 spiro atoms. The largest absolute Gasteiger partial charge is 0.437 e. The molecule has 2 aromatic rings. The average Bonchev–Trinajstić information content (AvgIpc) is 2.52. The molecule has 1 N–H and O–H groups in total. The van der Waals surface area contributed by atoms with Gasteiger partial charge in [0, 0.05) is 5.69 Å². The van der Waals surface area contributed by atoms with Crippen molar-refractivity contribution < 1.29 is 9.63 Å². The second-order valence-electron chi connectivity index (χ2n) is 5.63. The molecule has 0 aliphatic carbocycles. The quantitative estimate of drug-likeness (QED) is 0.416. The van der Waals surface area contributed by atoms with Gasteiger partial charge in [-0.25, -0.2) is 4.79 Å². The summed E-state index contributed by atoms with van der Waals surface area (Å²) in [5.41, 5.74) is 3.24. The van der Waals surface area contributed by atoms with Gasteiger partial charge in [-0.1, -0.05) is 72.0 Å². The molecule has 24 heavy (non-hydrogen) atoms. The van der Waals surface area contributed by atoms with Gasteiger partial charge < -0.3 is 0 Å². The molecule has 4 nitrogen and oxygen atoms in total. The maximum Gasteiger partial charge on any atom is 0.437 e. The van der Waals surface area contributed by atoms with Crippen LogP contribution in [0.2, 0.25) is 10.0 Å².